The lowest BCUT2D eigenvalue weighted by Crippen LogP contribution is -2.40. The van der Waals surface area contributed by atoms with E-state index in [1.165, 1.54) is 0 Å². The zero-order valence-corrected chi connectivity index (χ0v) is 19.8. The predicted molar refractivity (Wildman–Crippen MR) is 129 cm³/mol. The first-order chi connectivity index (χ1) is 16.1. The maximum absolute atomic E-state index is 6.66. The molecule has 2 aliphatic rings. The van der Waals surface area contributed by atoms with Gasteiger partial charge in [-0.25, -0.2) is 9.97 Å². The van der Waals surface area contributed by atoms with Gasteiger partial charge in [0.2, 0.25) is 0 Å². The highest BCUT2D eigenvalue weighted by atomic mass is 35.5. The van der Waals surface area contributed by atoms with Crippen LogP contribution in [0.2, 0.25) is 10.0 Å². The third-order valence-electron chi connectivity index (χ3n) is 5.80. The van der Waals surface area contributed by atoms with Crippen molar-refractivity contribution in [3.05, 3.63) is 34.4 Å². The number of hydrogen-bond acceptors (Lipinski definition) is 8. The standard InChI is InChI=1S/C23H24Cl2N4O4/c1-30-17-7-18(31-2)22(25)20(21(17)24)16-5-12-8-26-19(27-13-3-4-32-9-13)6-15(12)23(29-16)28-14-10-33-11-14/h5-8,13-14H,3-4,9-11H2,1-2H3,(H,26,27)(H,28,29). The SMILES string of the molecule is COc1cc(OC)c(Cl)c(-c2cc3cnc(NC4CCOC4)cc3c(NC3COC3)n2)c1Cl. The Morgan fingerprint density at radius 1 is 0.939 bits per heavy atom. The van der Waals surface area contributed by atoms with E-state index in [1.807, 2.05) is 18.3 Å². The Morgan fingerprint density at radius 3 is 2.27 bits per heavy atom. The van der Waals surface area contributed by atoms with Gasteiger partial charge >= 0.3 is 0 Å². The normalized spacial score (nSPS) is 18.2. The molecule has 33 heavy (non-hydrogen) atoms. The summed E-state index contributed by atoms with van der Waals surface area (Å²) in [5.74, 6) is 2.39. The van der Waals surface area contributed by atoms with Gasteiger partial charge in [0.15, 0.2) is 0 Å². The summed E-state index contributed by atoms with van der Waals surface area (Å²) >= 11 is 13.3. The number of benzene rings is 1. The Labute approximate surface area is 201 Å². The summed E-state index contributed by atoms with van der Waals surface area (Å²) in [5, 5.41) is 9.48. The van der Waals surface area contributed by atoms with Gasteiger partial charge in [0.05, 0.1) is 61.9 Å². The average Bonchev–Trinajstić information content (AvgIpc) is 3.30. The van der Waals surface area contributed by atoms with Crippen molar-refractivity contribution in [3.8, 4) is 22.8 Å². The molecule has 0 radical (unpaired) electrons. The zero-order chi connectivity index (χ0) is 22.9. The van der Waals surface area contributed by atoms with E-state index < -0.39 is 0 Å². The van der Waals surface area contributed by atoms with E-state index >= 15 is 0 Å². The van der Waals surface area contributed by atoms with Gasteiger partial charge in [-0.15, -0.1) is 0 Å². The van der Waals surface area contributed by atoms with Gasteiger partial charge < -0.3 is 29.6 Å². The maximum atomic E-state index is 6.66. The third kappa shape index (κ3) is 4.36. The highest BCUT2D eigenvalue weighted by molar-refractivity contribution is 6.41. The molecule has 8 nitrogen and oxygen atoms in total. The fraction of sp³-hybridized carbons (Fsp3) is 0.391. The molecule has 174 valence electrons. The van der Waals surface area contributed by atoms with Crippen LogP contribution in [0, 0.1) is 0 Å². The van der Waals surface area contributed by atoms with Crippen LogP contribution in [0.3, 0.4) is 0 Å². The van der Waals surface area contributed by atoms with Crippen molar-refractivity contribution >= 4 is 45.6 Å². The van der Waals surface area contributed by atoms with Crippen LogP contribution in [-0.4, -0.2) is 62.7 Å². The second kappa shape index (κ2) is 9.38. The molecule has 0 aliphatic carbocycles. The number of pyridine rings is 2. The van der Waals surface area contributed by atoms with Crippen LogP contribution in [0.4, 0.5) is 11.6 Å². The number of nitrogens with one attached hydrogen (secondary N) is 2. The Kier molecular flexibility index (Phi) is 6.34. The van der Waals surface area contributed by atoms with Crippen LogP contribution >= 0.6 is 23.2 Å². The number of halogens is 2. The lowest BCUT2D eigenvalue weighted by Gasteiger charge is -2.28. The molecular formula is C23H24Cl2N4O4. The van der Waals surface area contributed by atoms with Gasteiger partial charge in [-0.05, 0) is 18.6 Å². The van der Waals surface area contributed by atoms with Crippen LogP contribution in [-0.2, 0) is 9.47 Å². The first kappa shape index (κ1) is 22.3. The van der Waals surface area contributed by atoms with Crippen molar-refractivity contribution in [2.45, 2.75) is 18.5 Å². The number of methoxy groups -OCH3 is 2. The molecule has 2 aliphatic heterocycles. The van der Waals surface area contributed by atoms with E-state index in [4.69, 9.17) is 47.1 Å². The van der Waals surface area contributed by atoms with E-state index in [9.17, 15) is 0 Å². The summed E-state index contributed by atoms with van der Waals surface area (Å²) < 4.78 is 21.7. The van der Waals surface area contributed by atoms with E-state index in [0.717, 1.165) is 29.6 Å². The smallest absolute Gasteiger partial charge is 0.141 e. The Hall–Kier alpha value is -2.52. The van der Waals surface area contributed by atoms with Crippen molar-refractivity contribution < 1.29 is 18.9 Å². The summed E-state index contributed by atoms with van der Waals surface area (Å²) in [6.45, 7) is 2.68. The van der Waals surface area contributed by atoms with Crippen LogP contribution in [0.5, 0.6) is 11.5 Å². The minimum atomic E-state index is 0.176. The first-order valence-corrected chi connectivity index (χ1v) is 11.4. The number of fused-ring (bicyclic) bond motifs is 1. The number of nitrogens with zero attached hydrogens (tertiary/aromatic N) is 2. The molecule has 1 atom stereocenters. The largest absolute Gasteiger partial charge is 0.495 e. The van der Waals surface area contributed by atoms with E-state index in [-0.39, 0.29) is 12.1 Å². The van der Waals surface area contributed by atoms with E-state index in [1.54, 1.807) is 20.3 Å². The Balaban J connectivity index is 1.63. The first-order valence-electron chi connectivity index (χ1n) is 10.7. The number of aromatic nitrogens is 2. The molecule has 10 heteroatoms. The zero-order valence-electron chi connectivity index (χ0n) is 18.3. The molecule has 2 fully saturated rings. The molecule has 1 aromatic carbocycles. The third-order valence-corrected chi connectivity index (χ3v) is 6.56. The van der Waals surface area contributed by atoms with E-state index in [0.29, 0.717) is 58.4 Å². The number of ether oxygens (including phenoxy) is 4. The van der Waals surface area contributed by atoms with Crippen LogP contribution in [0.25, 0.3) is 22.0 Å². The topological polar surface area (TPSA) is 86.8 Å². The van der Waals surface area contributed by atoms with Crippen LogP contribution in [0.1, 0.15) is 6.42 Å². The Bertz CT molecular complexity index is 1150. The fourth-order valence-electron chi connectivity index (χ4n) is 3.94. The van der Waals surface area contributed by atoms with Gasteiger partial charge in [0, 0.05) is 35.2 Å². The molecule has 2 N–H and O–H groups in total. The highest BCUT2D eigenvalue weighted by Gasteiger charge is 2.24. The maximum Gasteiger partial charge on any atom is 0.141 e. The summed E-state index contributed by atoms with van der Waals surface area (Å²) in [5.41, 5.74) is 1.12. The van der Waals surface area contributed by atoms with Crippen molar-refractivity contribution in [3.63, 3.8) is 0 Å². The molecule has 2 aromatic heterocycles. The molecule has 3 aromatic rings. The van der Waals surface area contributed by atoms with Gasteiger partial charge in [-0.3, -0.25) is 0 Å². The molecule has 0 bridgehead atoms. The van der Waals surface area contributed by atoms with E-state index in [2.05, 4.69) is 15.6 Å². The monoisotopic (exact) mass is 490 g/mol. The van der Waals surface area contributed by atoms with Crippen LogP contribution in [0.15, 0.2) is 24.4 Å². The lowest BCUT2D eigenvalue weighted by atomic mass is 10.1. The summed E-state index contributed by atoms with van der Waals surface area (Å²) in [6.07, 6.45) is 2.77. The number of hydrogen-bond donors (Lipinski definition) is 2. The van der Waals surface area contributed by atoms with Gasteiger partial charge in [0.25, 0.3) is 0 Å². The van der Waals surface area contributed by atoms with Gasteiger partial charge in [-0.1, -0.05) is 23.2 Å². The molecule has 0 amide bonds. The molecule has 0 saturated carbocycles. The van der Waals surface area contributed by atoms with Crippen molar-refractivity contribution in [2.75, 3.05) is 51.3 Å². The van der Waals surface area contributed by atoms with Gasteiger partial charge in [-0.2, -0.15) is 0 Å². The quantitative estimate of drug-likeness (QED) is 0.495. The van der Waals surface area contributed by atoms with Crippen LogP contribution < -0.4 is 20.1 Å². The van der Waals surface area contributed by atoms with Crippen molar-refractivity contribution in [1.29, 1.82) is 0 Å². The summed E-state index contributed by atoms with van der Waals surface area (Å²) in [7, 11) is 3.09. The molecule has 5 rings (SSSR count). The molecule has 1 unspecified atom stereocenters. The molecule has 0 spiro atoms. The van der Waals surface area contributed by atoms with Crippen molar-refractivity contribution in [2.24, 2.45) is 0 Å². The molecular weight excluding hydrogens is 467 g/mol. The van der Waals surface area contributed by atoms with Crippen molar-refractivity contribution in [1.82, 2.24) is 9.97 Å². The minimum Gasteiger partial charge on any atom is -0.495 e. The second-order valence-corrected chi connectivity index (χ2v) is 8.77. The summed E-state index contributed by atoms with van der Waals surface area (Å²) in [6, 6.07) is 6.00. The fourth-order valence-corrected chi connectivity index (χ4v) is 4.64. The second-order valence-electron chi connectivity index (χ2n) is 8.01. The Morgan fingerprint density at radius 2 is 1.67 bits per heavy atom. The van der Waals surface area contributed by atoms with Gasteiger partial charge in [0.1, 0.15) is 23.1 Å². The predicted octanol–water partition coefficient (Wildman–Crippen LogP) is 4.63. The number of rotatable bonds is 7. The number of anilines is 2. The summed E-state index contributed by atoms with van der Waals surface area (Å²) in [4.78, 5) is 9.52. The lowest BCUT2D eigenvalue weighted by molar-refractivity contribution is 0.0210. The average molecular weight is 491 g/mol. The molecule has 4 heterocycles. The minimum absolute atomic E-state index is 0.176. The highest BCUT2D eigenvalue weighted by Crippen LogP contribution is 2.46. The molecule has 2 saturated heterocycles.